The minimum Gasteiger partial charge on any atom is -0.481 e. The summed E-state index contributed by atoms with van der Waals surface area (Å²) in [4.78, 5) is 34.3. The van der Waals surface area contributed by atoms with Gasteiger partial charge < -0.3 is 20.4 Å². The number of carbonyl (C=O) groups is 2. The number of carbonyl (C=O) groups excluding carboxylic acids is 1. The van der Waals surface area contributed by atoms with E-state index in [9.17, 15) is 9.59 Å². The molecule has 0 aliphatic heterocycles. The molecule has 1 amide bonds. The summed E-state index contributed by atoms with van der Waals surface area (Å²) in [6.07, 6.45) is 7.29. The molecule has 7 nitrogen and oxygen atoms in total. The lowest BCUT2D eigenvalue weighted by Crippen LogP contribution is -2.23. The summed E-state index contributed by atoms with van der Waals surface area (Å²) in [5.74, 6) is -1.08. The number of halogens is 1. The van der Waals surface area contributed by atoms with Gasteiger partial charge in [-0.1, -0.05) is 23.7 Å². The van der Waals surface area contributed by atoms with Gasteiger partial charge in [0.15, 0.2) is 0 Å². The summed E-state index contributed by atoms with van der Waals surface area (Å²) in [5.41, 5.74) is 5.92. The molecule has 2 aromatic carbocycles. The van der Waals surface area contributed by atoms with Crippen molar-refractivity contribution in [2.24, 2.45) is 0 Å². The maximum absolute atomic E-state index is 12.7. The van der Waals surface area contributed by atoms with E-state index in [0.29, 0.717) is 23.6 Å². The Hall–Kier alpha value is -4.10. The number of hydrogen-bond donors (Lipinski definition) is 4. The van der Waals surface area contributed by atoms with Gasteiger partial charge in [-0.3, -0.25) is 14.6 Å². The van der Waals surface area contributed by atoms with Gasteiger partial charge in [-0.05, 0) is 59.0 Å². The summed E-state index contributed by atoms with van der Waals surface area (Å²) in [7, 11) is 0. The molecule has 0 radical (unpaired) electrons. The Kier molecular flexibility index (Phi) is 5.77. The Labute approximate surface area is 199 Å². The molecule has 5 aromatic rings. The Bertz CT molecular complexity index is 1540. The van der Waals surface area contributed by atoms with Gasteiger partial charge in [0.05, 0.1) is 17.0 Å². The monoisotopic (exact) mass is 472 g/mol. The van der Waals surface area contributed by atoms with Crippen LogP contribution in [0.5, 0.6) is 0 Å². The topological polar surface area (TPSA) is 111 Å². The summed E-state index contributed by atoms with van der Waals surface area (Å²) in [5, 5.41) is 14.5. The minimum atomic E-state index is -0.870. The van der Waals surface area contributed by atoms with Gasteiger partial charge in [-0.25, -0.2) is 0 Å². The number of aromatic amines is 2. The normalized spacial score (nSPS) is 11.2. The number of nitrogens with zero attached hydrogens (tertiary/aromatic N) is 1. The van der Waals surface area contributed by atoms with Crippen LogP contribution in [0.2, 0.25) is 5.02 Å². The van der Waals surface area contributed by atoms with Crippen molar-refractivity contribution in [3.8, 4) is 0 Å². The number of nitrogens with one attached hydrogen (secondary N) is 3. The molecular weight excluding hydrogens is 452 g/mol. The van der Waals surface area contributed by atoms with E-state index in [1.807, 2.05) is 42.5 Å². The van der Waals surface area contributed by atoms with Crippen LogP contribution in [0.15, 0.2) is 67.3 Å². The van der Waals surface area contributed by atoms with Crippen LogP contribution in [0.4, 0.5) is 0 Å². The quantitative estimate of drug-likeness (QED) is 0.271. The van der Waals surface area contributed by atoms with Crippen molar-refractivity contribution in [1.29, 1.82) is 0 Å². The summed E-state index contributed by atoms with van der Waals surface area (Å²) in [6.45, 7) is 0.372. The van der Waals surface area contributed by atoms with Crippen LogP contribution in [0.1, 0.15) is 32.6 Å². The summed E-state index contributed by atoms with van der Waals surface area (Å²) < 4.78 is 0. The second kappa shape index (κ2) is 9.03. The molecule has 0 saturated carbocycles. The number of aliphatic carboxylic acids is 1. The Morgan fingerprint density at radius 2 is 1.65 bits per heavy atom. The van der Waals surface area contributed by atoms with E-state index in [-0.39, 0.29) is 12.3 Å². The van der Waals surface area contributed by atoms with E-state index in [2.05, 4.69) is 20.3 Å². The number of carboxylic acid groups (broad SMARTS) is 1. The molecular formula is C26H21ClN4O3. The highest BCUT2D eigenvalue weighted by Gasteiger charge is 2.11. The number of fused-ring (bicyclic) bond motifs is 2. The molecule has 170 valence electrons. The summed E-state index contributed by atoms with van der Waals surface area (Å²) >= 11 is 6.19. The van der Waals surface area contributed by atoms with E-state index in [1.165, 1.54) is 0 Å². The number of amides is 1. The second-order valence-electron chi connectivity index (χ2n) is 8.22. The fourth-order valence-electron chi connectivity index (χ4n) is 4.12. The van der Waals surface area contributed by atoms with Gasteiger partial charge in [0.2, 0.25) is 0 Å². The number of hydrogen-bond acceptors (Lipinski definition) is 3. The third-order valence-corrected chi connectivity index (χ3v) is 6.10. The first-order chi connectivity index (χ1) is 16.5. The predicted molar refractivity (Wildman–Crippen MR) is 131 cm³/mol. The van der Waals surface area contributed by atoms with Gasteiger partial charge >= 0.3 is 5.97 Å². The fourth-order valence-corrected chi connectivity index (χ4v) is 4.33. The van der Waals surface area contributed by atoms with Crippen LogP contribution in [0.25, 0.3) is 21.8 Å². The smallest absolute Gasteiger partial charge is 0.307 e. The molecule has 0 aliphatic rings. The van der Waals surface area contributed by atoms with Crippen molar-refractivity contribution in [1.82, 2.24) is 20.3 Å². The molecule has 0 spiro atoms. The van der Waals surface area contributed by atoms with Gasteiger partial charge in [0.25, 0.3) is 5.91 Å². The highest BCUT2D eigenvalue weighted by molar-refractivity contribution is 6.35. The molecule has 0 saturated heterocycles. The van der Waals surface area contributed by atoms with Crippen LogP contribution in [-0.2, 0) is 24.2 Å². The number of carboxylic acids is 1. The lowest BCUT2D eigenvalue weighted by atomic mass is 10.0. The largest absolute Gasteiger partial charge is 0.481 e. The van der Waals surface area contributed by atoms with Crippen molar-refractivity contribution < 1.29 is 14.7 Å². The van der Waals surface area contributed by atoms with Crippen molar-refractivity contribution in [2.75, 3.05) is 0 Å². The standard InChI is InChI=1S/C26H21ClN4O3/c27-22-14-30-24-4-2-16(8-21(22)24)11-31-26(34)19-6-17(10-28-12-19)5-15-1-3-23-20(7-15)18(13-29-23)9-25(32)33/h1-4,6-8,10,12-14,29-30H,5,9,11H2,(H,31,34)(H,32,33). The van der Waals surface area contributed by atoms with Crippen LogP contribution in [-0.4, -0.2) is 31.9 Å². The third-order valence-electron chi connectivity index (χ3n) is 5.79. The number of rotatable bonds is 7. The van der Waals surface area contributed by atoms with Crippen LogP contribution < -0.4 is 5.32 Å². The lowest BCUT2D eigenvalue weighted by Gasteiger charge is -2.08. The van der Waals surface area contributed by atoms with Crippen LogP contribution >= 0.6 is 11.6 Å². The minimum absolute atomic E-state index is 0.0378. The van der Waals surface area contributed by atoms with E-state index in [0.717, 1.165) is 44.1 Å². The summed E-state index contributed by atoms with van der Waals surface area (Å²) in [6, 6.07) is 13.6. The van der Waals surface area contributed by atoms with E-state index in [4.69, 9.17) is 16.7 Å². The van der Waals surface area contributed by atoms with Gasteiger partial charge in [-0.2, -0.15) is 0 Å². The fraction of sp³-hybridized carbons (Fsp3) is 0.115. The lowest BCUT2D eigenvalue weighted by molar-refractivity contribution is -0.136. The second-order valence-corrected chi connectivity index (χ2v) is 8.63. The first-order valence-electron chi connectivity index (χ1n) is 10.7. The molecule has 8 heteroatoms. The zero-order valence-electron chi connectivity index (χ0n) is 18.1. The van der Waals surface area contributed by atoms with Crippen molar-refractivity contribution in [3.63, 3.8) is 0 Å². The SMILES string of the molecule is O=C(O)Cc1c[nH]c2ccc(Cc3cncc(C(=O)NCc4ccc5[nH]cc(Cl)c5c4)c3)cc12. The van der Waals surface area contributed by atoms with Crippen molar-refractivity contribution in [3.05, 3.63) is 100 Å². The predicted octanol–water partition coefficient (Wildman–Crippen LogP) is 4.85. The Morgan fingerprint density at radius 1 is 0.912 bits per heavy atom. The Balaban J connectivity index is 1.29. The number of H-pyrrole nitrogens is 2. The molecule has 4 N–H and O–H groups in total. The van der Waals surface area contributed by atoms with Gasteiger partial charge in [0, 0.05) is 53.1 Å². The van der Waals surface area contributed by atoms with Crippen molar-refractivity contribution in [2.45, 2.75) is 19.4 Å². The molecule has 0 aliphatic carbocycles. The highest BCUT2D eigenvalue weighted by Crippen LogP contribution is 2.24. The average molecular weight is 473 g/mol. The maximum Gasteiger partial charge on any atom is 0.307 e. The molecule has 0 atom stereocenters. The maximum atomic E-state index is 12.7. The molecule has 0 bridgehead atoms. The Morgan fingerprint density at radius 3 is 2.47 bits per heavy atom. The molecule has 34 heavy (non-hydrogen) atoms. The van der Waals surface area contributed by atoms with Crippen LogP contribution in [0.3, 0.4) is 0 Å². The molecule has 0 fully saturated rings. The van der Waals surface area contributed by atoms with Crippen molar-refractivity contribution >= 4 is 45.3 Å². The van der Waals surface area contributed by atoms with Gasteiger partial charge in [-0.15, -0.1) is 0 Å². The molecule has 5 rings (SSSR count). The van der Waals surface area contributed by atoms with Crippen LogP contribution in [0, 0.1) is 0 Å². The first-order valence-corrected chi connectivity index (χ1v) is 11.1. The van der Waals surface area contributed by atoms with E-state index >= 15 is 0 Å². The number of pyridine rings is 1. The number of aromatic nitrogens is 3. The third kappa shape index (κ3) is 4.51. The molecule has 3 heterocycles. The zero-order chi connectivity index (χ0) is 23.7. The average Bonchev–Trinajstić information content (AvgIpc) is 3.40. The molecule has 3 aromatic heterocycles. The van der Waals surface area contributed by atoms with E-state index in [1.54, 1.807) is 24.8 Å². The number of benzene rings is 2. The van der Waals surface area contributed by atoms with E-state index < -0.39 is 5.97 Å². The first kappa shape index (κ1) is 21.7. The molecule has 0 unspecified atom stereocenters. The highest BCUT2D eigenvalue weighted by atomic mass is 35.5. The zero-order valence-corrected chi connectivity index (χ0v) is 18.8. The van der Waals surface area contributed by atoms with Gasteiger partial charge in [0.1, 0.15) is 0 Å².